The Labute approximate surface area is 297 Å². The molecule has 0 heterocycles. The fourth-order valence-electron chi connectivity index (χ4n) is 6.87. The first-order valence-corrected chi connectivity index (χ1v) is 16.9. The van der Waals surface area contributed by atoms with Crippen LogP contribution in [0.1, 0.15) is 40.2 Å². The lowest BCUT2D eigenvalue weighted by atomic mass is 9.79. The van der Waals surface area contributed by atoms with Gasteiger partial charge in [0.15, 0.2) is 11.4 Å². The molecule has 1 amide bonds. The van der Waals surface area contributed by atoms with Crippen molar-refractivity contribution < 1.29 is 33.6 Å². The zero-order chi connectivity index (χ0) is 35.8. The van der Waals surface area contributed by atoms with E-state index in [-0.39, 0.29) is 32.1 Å². The van der Waals surface area contributed by atoms with Crippen molar-refractivity contribution in [3.05, 3.63) is 155 Å². The van der Waals surface area contributed by atoms with E-state index in [2.05, 4.69) is 17.4 Å². The maximum Gasteiger partial charge on any atom is 0.407 e. The van der Waals surface area contributed by atoms with E-state index < -0.39 is 29.6 Å². The molecule has 0 saturated heterocycles. The highest BCUT2D eigenvalue weighted by Gasteiger charge is 2.43. The number of nitrogens with one attached hydrogen (secondary N) is 1. The molecule has 0 fully saturated rings. The number of aliphatic hydroxyl groups excluding tert-OH is 1. The van der Waals surface area contributed by atoms with Crippen LogP contribution in [0.5, 0.6) is 11.5 Å². The van der Waals surface area contributed by atoms with E-state index in [1.807, 2.05) is 115 Å². The molecule has 51 heavy (non-hydrogen) atoms. The van der Waals surface area contributed by atoms with Crippen LogP contribution in [0, 0.1) is 0 Å². The minimum atomic E-state index is -1.38. The van der Waals surface area contributed by atoms with E-state index in [1.165, 1.54) is 0 Å². The Hall–Kier alpha value is -5.48. The first-order valence-electron chi connectivity index (χ1n) is 16.9. The Bertz CT molecular complexity index is 1870. The molecule has 0 aliphatic heterocycles. The fraction of sp³-hybridized carbons (Fsp3) is 0.238. The highest BCUT2D eigenvalue weighted by atomic mass is 16.5. The molecule has 4 N–H and O–H groups in total. The molecule has 1 aliphatic carbocycles. The second kappa shape index (κ2) is 16.0. The molecule has 0 aromatic heterocycles. The summed E-state index contributed by atoms with van der Waals surface area (Å²) in [4.78, 5) is 25.8. The summed E-state index contributed by atoms with van der Waals surface area (Å²) in [6, 6.07) is 39.4. The Balaban J connectivity index is 1.12. The number of para-hydroxylation sites is 2. The van der Waals surface area contributed by atoms with Crippen molar-refractivity contribution in [3.63, 3.8) is 0 Å². The summed E-state index contributed by atoms with van der Waals surface area (Å²) in [6.45, 7) is -0.157. The molecule has 262 valence electrons. The van der Waals surface area contributed by atoms with E-state index in [9.17, 15) is 14.7 Å². The van der Waals surface area contributed by atoms with Crippen LogP contribution in [0.2, 0.25) is 0 Å². The van der Waals surface area contributed by atoms with Crippen LogP contribution in [0.3, 0.4) is 0 Å². The van der Waals surface area contributed by atoms with Crippen molar-refractivity contribution in [3.8, 4) is 22.6 Å². The second-order valence-corrected chi connectivity index (χ2v) is 12.3. The van der Waals surface area contributed by atoms with E-state index in [0.717, 1.165) is 27.8 Å². The van der Waals surface area contributed by atoms with Gasteiger partial charge in [0.2, 0.25) is 0 Å². The number of alkyl carbamates (subject to hydrolysis) is 1. The number of carbonyl (C=O) groups is 2. The van der Waals surface area contributed by atoms with Gasteiger partial charge < -0.3 is 35.1 Å². The second-order valence-electron chi connectivity index (χ2n) is 12.3. The number of hydrogen-bond donors (Lipinski definition) is 3. The van der Waals surface area contributed by atoms with E-state index in [0.29, 0.717) is 22.6 Å². The smallest absolute Gasteiger partial charge is 0.407 e. The van der Waals surface area contributed by atoms with E-state index >= 15 is 0 Å². The molecule has 0 bridgehead atoms. The predicted molar refractivity (Wildman–Crippen MR) is 195 cm³/mol. The van der Waals surface area contributed by atoms with Gasteiger partial charge in [0, 0.05) is 30.0 Å². The normalized spacial score (nSPS) is 13.4. The lowest BCUT2D eigenvalue weighted by Gasteiger charge is -2.38. The van der Waals surface area contributed by atoms with Crippen molar-refractivity contribution in [2.75, 3.05) is 34.0 Å². The van der Waals surface area contributed by atoms with Gasteiger partial charge in [-0.15, -0.1) is 0 Å². The van der Waals surface area contributed by atoms with Gasteiger partial charge in [-0.05, 0) is 39.9 Å². The molecule has 0 unspecified atom stereocenters. The number of fused-ring (bicyclic) bond motifs is 3. The van der Waals surface area contributed by atoms with Gasteiger partial charge >= 0.3 is 6.09 Å². The highest BCUT2D eigenvalue weighted by Crippen LogP contribution is 2.48. The average Bonchev–Trinajstić information content (AvgIpc) is 3.51. The predicted octanol–water partition coefficient (Wildman–Crippen LogP) is 6.20. The minimum absolute atomic E-state index is 0.00678. The number of methoxy groups -OCH3 is 2. The van der Waals surface area contributed by atoms with Crippen molar-refractivity contribution >= 4 is 11.9 Å². The third-order valence-corrected chi connectivity index (χ3v) is 9.39. The number of carbonyl (C=O) groups excluding carboxylic acids is 2. The fourth-order valence-corrected chi connectivity index (χ4v) is 6.87. The summed E-state index contributed by atoms with van der Waals surface area (Å²) in [6.07, 6.45) is -2.12. The lowest BCUT2D eigenvalue weighted by Crippen LogP contribution is -2.47. The van der Waals surface area contributed by atoms with Crippen LogP contribution >= 0.6 is 0 Å². The molecule has 6 rings (SSSR count). The Kier molecular flexibility index (Phi) is 11.1. The zero-order valence-corrected chi connectivity index (χ0v) is 28.7. The van der Waals surface area contributed by atoms with Gasteiger partial charge in [0.1, 0.15) is 18.1 Å². The quantitative estimate of drug-likeness (QED) is 0.111. The van der Waals surface area contributed by atoms with Crippen LogP contribution in [0.15, 0.2) is 127 Å². The Morgan fingerprint density at radius 1 is 0.745 bits per heavy atom. The summed E-state index contributed by atoms with van der Waals surface area (Å²) in [7, 11) is 3.16. The van der Waals surface area contributed by atoms with Crippen molar-refractivity contribution in [2.24, 2.45) is 5.73 Å². The minimum Gasteiger partial charge on any atom is -0.496 e. The molecular weight excluding hydrogens is 644 g/mol. The van der Waals surface area contributed by atoms with Gasteiger partial charge in [-0.2, -0.15) is 0 Å². The number of rotatable bonds is 15. The molecule has 9 nitrogen and oxygen atoms in total. The van der Waals surface area contributed by atoms with Crippen LogP contribution < -0.4 is 20.5 Å². The number of Topliss-reactive ketones (excluding diaryl/α,β-unsaturated/α-hetero) is 1. The van der Waals surface area contributed by atoms with Crippen LogP contribution in [-0.2, 0) is 19.9 Å². The third kappa shape index (κ3) is 7.23. The molecule has 5 aromatic carbocycles. The summed E-state index contributed by atoms with van der Waals surface area (Å²) in [5.41, 5.74) is 11.5. The van der Waals surface area contributed by atoms with E-state index in [1.54, 1.807) is 14.2 Å². The van der Waals surface area contributed by atoms with Gasteiger partial charge in [0.05, 0.1) is 33.0 Å². The summed E-state index contributed by atoms with van der Waals surface area (Å²) in [5, 5.41) is 13.9. The van der Waals surface area contributed by atoms with Crippen LogP contribution in [0.25, 0.3) is 11.1 Å². The molecule has 5 aromatic rings. The number of benzene rings is 5. The van der Waals surface area contributed by atoms with Gasteiger partial charge in [-0.3, -0.25) is 4.79 Å². The summed E-state index contributed by atoms with van der Waals surface area (Å²) < 4.78 is 23.9. The molecule has 0 radical (unpaired) electrons. The summed E-state index contributed by atoms with van der Waals surface area (Å²) >= 11 is 0. The van der Waals surface area contributed by atoms with Crippen LogP contribution in [0.4, 0.5) is 4.79 Å². The molecule has 2 atom stereocenters. The molecule has 9 heteroatoms. The lowest BCUT2D eigenvalue weighted by molar-refractivity contribution is -0.125. The number of ether oxygens (including phenoxy) is 4. The van der Waals surface area contributed by atoms with Crippen molar-refractivity contribution in [1.29, 1.82) is 0 Å². The standard InChI is InChI=1S/C42H42N2O7/c1-48-38-22-12-10-20-34(38)42(28-14-4-3-5-15-28,35-21-11-13-23-39(35)49-2)51-27-37(46)40(43)36(45)24-25-44-41(47)50-26-33-31-18-8-6-16-29(31)30-17-7-9-19-32(30)33/h3-23,33,37,40,46H,24-27,43H2,1-2H3,(H,44,47)/t37-,40+/m1/s1. The first-order chi connectivity index (χ1) is 24.9. The van der Waals surface area contributed by atoms with Gasteiger partial charge in [0.25, 0.3) is 0 Å². The number of amides is 1. The molecule has 0 spiro atoms. The van der Waals surface area contributed by atoms with Gasteiger partial charge in [-0.25, -0.2) is 4.79 Å². The third-order valence-electron chi connectivity index (χ3n) is 9.39. The number of hydrogen-bond acceptors (Lipinski definition) is 8. The van der Waals surface area contributed by atoms with Crippen molar-refractivity contribution in [1.82, 2.24) is 5.32 Å². The van der Waals surface area contributed by atoms with Crippen molar-refractivity contribution in [2.45, 2.75) is 30.1 Å². The maximum absolute atomic E-state index is 13.2. The maximum atomic E-state index is 13.2. The number of aliphatic hydroxyl groups is 1. The average molecular weight is 687 g/mol. The highest BCUT2D eigenvalue weighted by molar-refractivity contribution is 5.85. The molecule has 1 aliphatic rings. The van der Waals surface area contributed by atoms with E-state index in [4.69, 9.17) is 24.7 Å². The zero-order valence-electron chi connectivity index (χ0n) is 28.7. The van der Waals surface area contributed by atoms with Crippen LogP contribution in [-0.4, -0.2) is 63.1 Å². The molecular formula is C42H42N2O7. The first kappa shape index (κ1) is 35.3. The monoisotopic (exact) mass is 686 g/mol. The number of ketones is 1. The Morgan fingerprint density at radius 3 is 1.82 bits per heavy atom. The number of nitrogens with two attached hydrogens (primary N) is 1. The topological polar surface area (TPSA) is 129 Å². The SMILES string of the molecule is COc1ccccc1C(OC[C@@H](O)[C@@H](N)C(=O)CCNC(=O)OCC1c2ccccc2-c2ccccc21)(c1ccccc1)c1ccccc1OC. The molecule has 0 saturated carbocycles. The van der Waals surface area contributed by atoms with Gasteiger partial charge in [-0.1, -0.05) is 115 Å². The Morgan fingerprint density at radius 2 is 1.25 bits per heavy atom. The largest absolute Gasteiger partial charge is 0.496 e. The summed E-state index contributed by atoms with van der Waals surface area (Å²) in [5.74, 6) is 0.593.